The minimum absolute atomic E-state index is 0.0253. The number of carbonyl (C=O) groups excluding carboxylic acids is 1. The Hall–Kier alpha value is -1.03. The number of phosphoric ester groups is 1. The summed E-state index contributed by atoms with van der Waals surface area (Å²) in [5, 5.41) is 8.87. The topological polar surface area (TPSA) is 155 Å². The van der Waals surface area contributed by atoms with Crippen molar-refractivity contribution in [2.45, 2.75) is 212 Å². The second kappa shape index (κ2) is 36.3. The molecule has 0 aliphatic rings. The fraction of sp³-hybridized carbons (Fsp3) is 0.949. The molecule has 0 aromatic heterocycles. The van der Waals surface area contributed by atoms with Gasteiger partial charge in [-0.05, 0) is 12.8 Å². The number of ether oxygens (including phenoxy) is 2. The maximum absolute atomic E-state index is 12.6. The molecule has 0 saturated carbocycles. The van der Waals surface area contributed by atoms with E-state index in [1.165, 1.54) is 141 Å². The van der Waals surface area contributed by atoms with Crippen molar-refractivity contribution >= 4 is 19.8 Å². The summed E-state index contributed by atoms with van der Waals surface area (Å²) < 4.78 is 33.3. The van der Waals surface area contributed by atoms with Crippen LogP contribution in [0.5, 0.6) is 0 Å². The van der Waals surface area contributed by atoms with Gasteiger partial charge in [0.15, 0.2) is 0 Å². The summed E-state index contributed by atoms with van der Waals surface area (Å²) in [6.45, 7) is 3.90. The number of esters is 1. The van der Waals surface area contributed by atoms with Gasteiger partial charge in [-0.15, -0.1) is 0 Å². The first-order valence-electron chi connectivity index (χ1n) is 20.6. The van der Waals surface area contributed by atoms with Crippen LogP contribution in [-0.2, 0) is 32.7 Å². The largest absolute Gasteiger partial charge is 0.480 e. The van der Waals surface area contributed by atoms with Gasteiger partial charge in [-0.2, -0.15) is 0 Å². The van der Waals surface area contributed by atoms with Gasteiger partial charge in [0.25, 0.3) is 0 Å². The highest BCUT2D eigenvalue weighted by Crippen LogP contribution is 2.43. The van der Waals surface area contributed by atoms with Crippen molar-refractivity contribution in [3.63, 3.8) is 0 Å². The summed E-state index contributed by atoms with van der Waals surface area (Å²) in [7, 11) is -4.60. The second-order valence-electron chi connectivity index (χ2n) is 14.1. The van der Waals surface area contributed by atoms with E-state index in [2.05, 4.69) is 13.8 Å². The maximum Gasteiger partial charge on any atom is 0.472 e. The van der Waals surface area contributed by atoms with Crippen LogP contribution in [0.4, 0.5) is 0 Å². The SMILES string of the molecule is CCCCCCCCCCCCCCCCCCCOCC(COP(=O)(O)OCC(N)C(=O)O)OC(=O)CCCCCCCCCCCCC. The van der Waals surface area contributed by atoms with E-state index in [0.717, 1.165) is 38.5 Å². The van der Waals surface area contributed by atoms with Crippen LogP contribution in [0.3, 0.4) is 0 Å². The molecule has 0 saturated heterocycles. The van der Waals surface area contributed by atoms with Crippen LogP contribution in [0, 0.1) is 0 Å². The summed E-state index contributed by atoms with van der Waals surface area (Å²) in [6, 6.07) is -1.47. The maximum atomic E-state index is 12.6. The molecule has 0 heterocycles. The van der Waals surface area contributed by atoms with Crippen molar-refractivity contribution in [3.8, 4) is 0 Å². The summed E-state index contributed by atoms with van der Waals surface area (Å²) >= 11 is 0. The number of hydrogen-bond donors (Lipinski definition) is 3. The molecule has 0 amide bonds. The zero-order valence-corrected chi connectivity index (χ0v) is 33.2. The molecule has 298 valence electrons. The fourth-order valence-corrected chi connectivity index (χ4v) is 6.68. The van der Waals surface area contributed by atoms with Crippen LogP contribution >= 0.6 is 7.82 Å². The lowest BCUT2D eigenvalue weighted by molar-refractivity contribution is -0.154. The smallest absolute Gasteiger partial charge is 0.472 e. The Balaban J connectivity index is 4.18. The number of nitrogens with two attached hydrogens (primary N) is 1. The number of phosphoric acid groups is 1. The van der Waals surface area contributed by atoms with E-state index in [1.807, 2.05) is 0 Å². The molecule has 0 aromatic rings. The molecule has 11 heteroatoms. The van der Waals surface area contributed by atoms with E-state index in [9.17, 15) is 19.0 Å². The molecule has 0 radical (unpaired) electrons. The van der Waals surface area contributed by atoms with E-state index in [4.69, 9.17) is 29.4 Å². The zero-order chi connectivity index (χ0) is 37.0. The molecule has 0 rings (SSSR count). The van der Waals surface area contributed by atoms with Gasteiger partial charge >= 0.3 is 19.8 Å². The third kappa shape index (κ3) is 35.4. The van der Waals surface area contributed by atoms with Gasteiger partial charge in [0, 0.05) is 13.0 Å². The predicted molar refractivity (Wildman–Crippen MR) is 203 cm³/mol. The Morgan fingerprint density at radius 3 is 1.32 bits per heavy atom. The molecular formula is C39H78NO9P. The highest BCUT2D eigenvalue weighted by molar-refractivity contribution is 7.47. The fourth-order valence-electron chi connectivity index (χ4n) is 5.90. The lowest BCUT2D eigenvalue weighted by Gasteiger charge is -2.20. The number of carbonyl (C=O) groups is 2. The first-order valence-corrected chi connectivity index (χ1v) is 22.1. The van der Waals surface area contributed by atoms with E-state index in [-0.39, 0.29) is 13.0 Å². The van der Waals surface area contributed by atoms with Gasteiger partial charge in [-0.3, -0.25) is 18.6 Å². The Kier molecular flexibility index (Phi) is 35.6. The number of aliphatic carboxylic acids is 1. The highest BCUT2D eigenvalue weighted by Gasteiger charge is 2.27. The lowest BCUT2D eigenvalue weighted by atomic mass is 10.0. The predicted octanol–water partition coefficient (Wildman–Crippen LogP) is 10.8. The Morgan fingerprint density at radius 2 is 0.920 bits per heavy atom. The van der Waals surface area contributed by atoms with Gasteiger partial charge in [-0.25, -0.2) is 4.57 Å². The summed E-state index contributed by atoms with van der Waals surface area (Å²) in [5.41, 5.74) is 5.34. The van der Waals surface area contributed by atoms with Crippen molar-refractivity contribution in [1.29, 1.82) is 0 Å². The molecule has 0 aliphatic carbocycles. The summed E-state index contributed by atoms with van der Waals surface area (Å²) in [6.07, 6.45) is 34.4. The molecule has 50 heavy (non-hydrogen) atoms. The Morgan fingerprint density at radius 1 is 0.560 bits per heavy atom. The van der Waals surface area contributed by atoms with E-state index in [0.29, 0.717) is 6.61 Å². The third-order valence-electron chi connectivity index (χ3n) is 9.14. The number of hydrogen-bond acceptors (Lipinski definition) is 8. The third-order valence-corrected chi connectivity index (χ3v) is 10.1. The van der Waals surface area contributed by atoms with E-state index in [1.54, 1.807) is 0 Å². The average molecular weight is 736 g/mol. The van der Waals surface area contributed by atoms with Crippen LogP contribution < -0.4 is 5.73 Å². The molecule has 3 atom stereocenters. The van der Waals surface area contributed by atoms with Crippen molar-refractivity contribution in [3.05, 3.63) is 0 Å². The molecule has 0 aliphatic heterocycles. The minimum atomic E-state index is -4.60. The molecule has 0 fully saturated rings. The van der Waals surface area contributed by atoms with Crippen LogP contribution in [0.1, 0.15) is 200 Å². The zero-order valence-electron chi connectivity index (χ0n) is 32.3. The molecule has 10 nitrogen and oxygen atoms in total. The monoisotopic (exact) mass is 736 g/mol. The van der Waals surface area contributed by atoms with Crippen molar-refractivity contribution in [2.75, 3.05) is 26.4 Å². The number of unbranched alkanes of at least 4 members (excludes halogenated alkanes) is 26. The molecular weight excluding hydrogens is 657 g/mol. The van der Waals surface area contributed by atoms with E-state index < -0.39 is 45.1 Å². The van der Waals surface area contributed by atoms with Crippen molar-refractivity contribution < 1.29 is 42.7 Å². The lowest BCUT2D eigenvalue weighted by Crippen LogP contribution is -2.34. The summed E-state index contributed by atoms with van der Waals surface area (Å²) in [4.78, 5) is 33.4. The minimum Gasteiger partial charge on any atom is -0.480 e. The van der Waals surface area contributed by atoms with Gasteiger partial charge in [0.1, 0.15) is 12.1 Å². The molecule has 0 bridgehead atoms. The average Bonchev–Trinajstić information content (AvgIpc) is 3.09. The Labute approximate surface area is 306 Å². The number of carboxylic acids is 1. The second-order valence-corrected chi connectivity index (χ2v) is 15.6. The van der Waals surface area contributed by atoms with Gasteiger partial charge < -0.3 is 25.2 Å². The Bertz CT molecular complexity index is 816. The van der Waals surface area contributed by atoms with Crippen LogP contribution in [0.2, 0.25) is 0 Å². The quantitative estimate of drug-likeness (QED) is 0.0314. The first kappa shape index (κ1) is 49.0. The van der Waals surface area contributed by atoms with Crippen molar-refractivity contribution in [2.24, 2.45) is 5.73 Å². The summed E-state index contributed by atoms with van der Waals surface area (Å²) in [5.74, 6) is -1.77. The molecule has 0 aromatic carbocycles. The van der Waals surface area contributed by atoms with Gasteiger partial charge in [0.2, 0.25) is 0 Å². The van der Waals surface area contributed by atoms with E-state index >= 15 is 0 Å². The van der Waals surface area contributed by atoms with Gasteiger partial charge in [-0.1, -0.05) is 181 Å². The molecule has 3 unspecified atom stereocenters. The molecule has 4 N–H and O–H groups in total. The standard InChI is InChI=1S/C39H78NO9P/c1-3-5-7-9-11-13-15-16-17-18-19-20-22-24-26-28-30-32-46-33-36(34-47-50(44,45)48-35-37(40)39(42)43)49-38(41)31-29-27-25-23-21-14-12-10-8-6-4-2/h36-37H,3-35,40H2,1-2H3,(H,42,43)(H,44,45). The molecule has 0 spiro atoms. The highest BCUT2D eigenvalue weighted by atomic mass is 31.2. The van der Waals surface area contributed by atoms with Crippen LogP contribution in [-0.4, -0.2) is 60.5 Å². The number of carboxylic acid groups (broad SMARTS) is 1. The number of rotatable bonds is 40. The van der Waals surface area contributed by atoms with Crippen LogP contribution in [0.25, 0.3) is 0 Å². The first-order chi connectivity index (χ1) is 24.2. The van der Waals surface area contributed by atoms with Gasteiger partial charge in [0.05, 0.1) is 19.8 Å². The van der Waals surface area contributed by atoms with Crippen LogP contribution in [0.15, 0.2) is 0 Å². The van der Waals surface area contributed by atoms with Crippen molar-refractivity contribution in [1.82, 2.24) is 0 Å². The normalized spacial score (nSPS) is 14.0.